The Labute approximate surface area is 89.9 Å². The molecule has 84 valence electrons. The van der Waals surface area contributed by atoms with Gasteiger partial charge in [0.05, 0.1) is 0 Å². The summed E-state index contributed by atoms with van der Waals surface area (Å²) >= 11 is 0. The van der Waals surface area contributed by atoms with E-state index < -0.39 is 0 Å². The average Bonchev–Trinajstić information content (AvgIpc) is 2.18. The predicted octanol–water partition coefficient (Wildman–Crippen LogP) is 3.69. The summed E-state index contributed by atoms with van der Waals surface area (Å²) in [5.74, 6) is 0.878. The van der Waals surface area contributed by atoms with E-state index in [4.69, 9.17) is 0 Å². The highest BCUT2D eigenvalue weighted by molar-refractivity contribution is 4.71. The molecule has 0 amide bonds. The quantitative estimate of drug-likeness (QED) is 0.650. The second kappa shape index (κ2) is 6.44. The van der Waals surface area contributed by atoms with Gasteiger partial charge in [-0.1, -0.05) is 33.1 Å². The maximum absolute atomic E-state index is 2.68. The highest BCUT2D eigenvalue weighted by Gasteiger charge is 2.15. The molecule has 0 bridgehead atoms. The Balaban J connectivity index is 2.10. The molecule has 0 aromatic carbocycles. The lowest BCUT2D eigenvalue weighted by Crippen LogP contribution is -2.37. The SMILES string of the molecule is CC(C)CCCC(C)N1CCCCC1. The molecule has 1 nitrogen and oxygen atoms in total. The molecule has 0 N–H and O–H groups in total. The zero-order valence-electron chi connectivity index (χ0n) is 10.3. The van der Waals surface area contributed by atoms with Crippen LogP contribution < -0.4 is 0 Å². The minimum absolute atomic E-state index is 0.828. The maximum atomic E-state index is 2.68. The van der Waals surface area contributed by atoms with Gasteiger partial charge in [0.2, 0.25) is 0 Å². The van der Waals surface area contributed by atoms with Crippen LogP contribution in [0.2, 0.25) is 0 Å². The molecular weight excluding hydrogens is 170 g/mol. The Kier molecular flexibility index (Phi) is 5.54. The smallest absolute Gasteiger partial charge is 0.00669 e. The molecule has 0 saturated carbocycles. The van der Waals surface area contributed by atoms with Crippen LogP contribution in [-0.2, 0) is 0 Å². The van der Waals surface area contributed by atoms with Crippen molar-refractivity contribution in [3.05, 3.63) is 0 Å². The van der Waals surface area contributed by atoms with Crippen LogP contribution in [0.1, 0.15) is 59.3 Å². The Bertz CT molecular complexity index is 136. The van der Waals surface area contributed by atoms with Gasteiger partial charge in [-0.05, 0) is 45.2 Å². The third-order valence-electron chi connectivity index (χ3n) is 3.42. The Hall–Kier alpha value is -0.0400. The van der Waals surface area contributed by atoms with Gasteiger partial charge < -0.3 is 4.90 Å². The summed E-state index contributed by atoms with van der Waals surface area (Å²) in [6.45, 7) is 9.76. The van der Waals surface area contributed by atoms with E-state index in [9.17, 15) is 0 Å². The van der Waals surface area contributed by atoms with Crippen molar-refractivity contribution in [2.75, 3.05) is 13.1 Å². The summed E-state index contributed by atoms with van der Waals surface area (Å²) in [6.07, 6.45) is 8.52. The maximum Gasteiger partial charge on any atom is 0.00669 e. The Morgan fingerprint density at radius 1 is 0.929 bits per heavy atom. The molecule has 0 spiro atoms. The van der Waals surface area contributed by atoms with Crippen molar-refractivity contribution in [2.24, 2.45) is 5.92 Å². The van der Waals surface area contributed by atoms with E-state index in [1.165, 1.54) is 51.6 Å². The zero-order chi connectivity index (χ0) is 10.4. The van der Waals surface area contributed by atoms with Crippen LogP contribution in [0.4, 0.5) is 0 Å². The van der Waals surface area contributed by atoms with Gasteiger partial charge in [0.15, 0.2) is 0 Å². The lowest BCUT2D eigenvalue weighted by molar-refractivity contribution is 0.163. The fraction of sp³-hybridized carbons (Fsp3) is 1.00. The van der Waals surface area contributed by atoms with Crippen LogP contribution in [0.15, 0.2) is 0 Å². The Morgan fingerprint density at radius 2 is 1.57 bits per heavy atom. The molecule has 0 aliphatic carbocycles. The first-order valence-electron chi connectivity index (χ1n) is 6.44. The highest BCUT2D eigenvalue weighted by atomic mass is 15.1. The molecule has 1 unspecified atom stereocenters. The molecule has 14 heavy (non-hydrogen) atoms. The normalized spacial score (nSPS) is 21.4. The highest BCUT2D eigenvalue weighted by Crippen LogP contribution is 2.16. The molecule has 1 heterocycles. The first-order valence-corrected chi connectivity index (χ1v) is 6.44. The molecule has 1 aliphatic heterocycles. The third-order valence-corrected chi connectivity index (χ3v) is 3.42. The number of nitrogens with zero attached hydrogens (tertiary/aromatic N) is 1. The zero-order valence-corrected chi connectivity index (χ0v) is 10.3. The average molecular weight is 197 g/mol. The van der Waals surface area contributed by atoms with Gasteiger partial charge in [0, 0.05) is 6.04 Å². The van der Waals surface area contributed by atoms with E-state index in [0.717, 1.165) is 12.0 Å². The number of piperidine rings is 1. The van der Waals surface area contributed by atoms with Crippen molar-refractivity contribution in [1.82, 2.24) is 4.90 Å². The topological polar surface area (TPSA) is 3.24 Å². The van der Waals surface area contributed by atoms with Gasteiger partial charge in [-0.15, -0.1) is 0 Å². The van der Waals surface area contributed by atoms with Crippen molar-refractivity contribution >= 4 is 0 Å². The molecule has 1 atom stereocenters. The molecule has 1 fully saturated rings. The standard InChI is InChI=1S/C13H27N/c1-12(2)8-7-9-13(3)14-10-5-4-6-11-14/h12-13H,4-11H2,1-3H3. The minimum Gasteiger partial charge on any atom is -0.301 e. The number of hydrogen-bond acceptors (Lipinski definition) is 1. The lowest BCUT2D eigenvalue weighted by atomic mass is 10.0. The molecule has 1 aliphatic rings. The van der Waals surface area contributed by atoms with Crippen molar-refractivity contribution in [3.8, 4) is 0 Å². The van der Waals surface area contributed by atoms with Crippen molar-refractivity contribution < 1.29 is 0 Å². The van der Waals surface area contributed by atoms with Gasteiger partial charge in [-0.3, -0.25) is 0 Å². The van der Waals surface area contributed by atoms with Crippen LogP contribution >= 0.6 is 0 Å². The van der Waals surface area contributed by atoms with Crippen molar-refractivity contribution in [1.29, 1.82) is 0 Å². The summed E-state index contributed by atoms with van der Waals surface area (Å²) in [6, 6.07) is 0.828. The van der Waals surface area contributed by atoms with E-state index in [1.54, 1.807) is 0 Å². The molecule has 1 saturated heterocycles. The van der Waals surface area contributed by atoms with Crippen LogP contribution in [0.25, 0.3) is 0 Å². The van der Waals surface area contributed by atoms with Crippen LogP contribution in [-0.4, -0.2) is 24.0 Å². The first-order chi connectivity index (χ1) is 6.70. The number of likely N-dealkylation sites (tertiary alicyclic amines) is 1. The second-order valence-corrected chi connectivity index (χ2v) is 5.27. The predicted molar refractivity (Wildman–Crippen MR) is 63.6 cm³/mol. The molecule has 1 rings (SSSR count). The van der Waals surface area contributed by atoms with E-state index >= 15 is 0 Å². The van der Waals surface area contributed by atoms with E-state index in [1.807, 2.05) is 0 Å². The van der Waals surface area contributed by atoms with Crippen LogP contribution in [0.5, 0.6) is 0 Å². The third kappa shape index (κ3) is 4.45. The molecule has 0 aromatic heterocycles. The fourth-order valence-electron chi connectivity index (χ4n) is 2.36. The summed E-state index contributed by atoms with van der Waals surface area (Å²) in [4.78, 5) is 2.68. The monoisotopic (exact) mass is 197 g/mol. The summed E-state index contributed by atoms with van der Waals surface area (Å²) in [5, 5.41) is 0. The first kappa shape index (κ1) is 12.0. The summed E-state index contributed by atoms with van der Waals surface area (Å²) in [5.41, 5.74) is 0. The lowest BCUT2D eigenvalue weighted by Gasteiger charge is -2.32. The molecule has 0 radical (unpaired) electrons. The summed E-state index contributed by atoms with van der Waals surface area (Å²) in [7, 11) is 0. The van der Waals surface area contributed by atoms with Crippen LogP contribution in [0.3, 0.4) is 0 Å². The van der Waals surface area contributed by atoms with Gasteiger partial charge >= 0.3 is 0 Å². The van der Waals surface area contributed by atoms with Crippen LogP contribution in [0, 0.1) is 5.92 Å². The Morgan fingerprint density at radius 3 is 2.14 bits per heavy atom. The van der Waals surface area contributed by atoms with Crippen molar-refractivity contribution in [2.45, 2.75) is 65.3 Å². The molecule has 0 aromatic rings. The molecular formula is C13H27N. The fourth-order valence-corrected chi connectivity index (χ4v) is 2.36. The number of rotatable bonds is 5. The second-order valence-electron chi connectivity index (χ2n) is 5.27. The van der Waals surface area contributed by atoms with E-state index in [0.29, 0.717) is 0 Å². The minimum atomic E-state index is 0.828. The van der Waals surface area contributed by atoms with Gasteiger partial charge in [-0.25, -0.2) is 0 Å². The van der Waals surface area contributed by atoms with Gasteiger partial charge in [-0.2, -0.15) is 0 Å². The van der Waals surface area contributed by atoms with Crippen molar-refractivity contribution in [3.63, 3.8) is 0 Å². The number of hydrogen-bond donors (Lipinski definition) is 0. The largest absolute Gasteiger partial charge is 0.301 e. The van der Waals surface area contributed by atoms with Gasteiger partial charge in [0.1, 0.15) is 0 Å². The molecule has 1 heteroatoms. The van der Waals surface area contributed by atoms with E-state index in [2.05, 4.69) is 25.7 Å². The van der Waals surface area contributed by atoms with Gasteiger partial charge in [0.25, 0.3) is 0 Å². The van der Waals surface area contributed by atoms with E-state index in [-0.39, 0.29) is 0 Å². The summed E-state index contributed by atoms with van der Waals surface area (Å²) < 4.78 is 0.